The molecule has 0 aromatic carbocycles. The van der Waals surface area contributed by atoms with Crippen LogP contribution in [0.2, 0.25) is 0 Å². The van der Waals surface area contributed by atoms with E-state index in [-0.39, 0.29) is 11.4 Å². The molecule has 0 bridgehead atoms. The van der Waals surface area contributed by atoms with Gasteiger partial charge in [0, 0.05) is 6.92 Å². The molecule has 0 heterocycles. The van der Waals surface area contributed by atoms with Crippen molar-refractivity contribution in [3.8, 4) is 0 Å². The van der Waals surface area contributed by atoms with Crippen molar-refractivity contribution >= 4 is 5.91 Å². The molecular formula is C9H17NO. The lowest BCUT2D eigenvalue weighted by molar-refractivity contribution is -0.120. The number of amides is 1. The van der Waals surface area contributed by atoms with Gasteiger partial charge in [-0.15, -0.1) is 6.58 Å². The van der Waals surface area contributed by atoms with E-state index in [0.29, 0.717) is 0 Å². The van der Waals surface area contributed by atoms with Crippen LogP contribution in [0.25, 0.3) is 0 Å². The van der Waals surface area contributed by atoms with Gasteiger partial charge in [0.1, 0.15) is 0 Å². The van der Waals surface area contributed by atoms with Gasteiger partial charge in [-0.05, 0) is 12.8 Å². The first-order valence-electron chi connectivity index (χ1n) is 4.02. The topological polar surface area (TPSA) is 29.1 Å². The summed E-state index contributed by atoms with van der Waals surface area (Å²) in [5.41, 5.74) is -0.189. The van der Waals surface area contributed by atoms with Crippen molar-refractivity contribution in [1.29, 1.82) is 0 Å². The number of rotatable bonds is 4. The summed E-state index contributed by atoms with van der Waals surface area (Å²) in [6.45, 7) is 9.33. The molecule has 0 aromatic heterocycles. The van der Waals surface area contributed by atoms with Crippen LogP contribution in [0.1, 0.15) is 33.6 Å². The molecule has 1 amide bonds. The third kappa shape index (κ3) is 2.74. The van der Waals surface area contributed by atoms with Gasteiger partial charge < -0.3 is 5.32 Å². The third-order valence-electron chi connectivity index (χ3n) is 2.08. The highest BCUT2D eigenvalue weighted by Gasteiger charge is 2.21. The molecule has 0 aliphatic heterocycles. The number of nitrogens with one attached hydrogen (secondary N) is 1. The van der Waals surface area contributed by atoms with E-state index in [1.807, 2.05) is 19.9 Å². The molecule has 0 aromatic rings. The summed E-state index contributed by atoms with van der Waals surface area (Å²) in [5, 5.41) is 2.89. The Morgan fingerprint density at radius 2 is 2.00 bits per heavy atom. The lowest BCUT2D eigenvalue weighted by Crippen LogP contribution is -2.44. The predicted molar refractivity (Wildman–Crippen MR) is 47.3 cm³/mol. The fraction of sp³-hybridized carbons (Fsp3) is 0.667. The Kier molecular flexibility index (Phi) is 3.86. The molecule has 64 valence electrons. The molecule has 0 unspecified atom stereocenters. The molecule has 0 saturated carbocycles. The molecule has 0 aliphatic carbocycles. The van der Waals surface area contributed by atoms with E-state index in [1.165, 1.54) is 6.92 Å². The molecule has 2 nitrogen and oxygen atoms in total. The first kappa shape index (κ1) is 10.2. The fourth-order valence-corrected chi connectivity index (χ4v) is 1.12. The molecule has 0 radical (unpaired) electrons. The summed E-state index contributed by atoms with van der Waals surface area (Å²) >= 11 is 0. The van der Waals surface area contributed by atoms with E-state index >= 15 is 0 Å². The van der Waals surface area contributed by atoms with Crippen LogP contribution in [-0.4, -0.2) is 11.4 Å². The minimum atomic E-state index is -0.189. The largest absolute Gasteiger partial charge is 0.347 e. The molecule has 0 rings (SSSR count). The maximum Gasteiger partial charge on any atom is 0.217 e. The van der Waals surface area contributed by atoms with Gasteiger partial charge in [0.05, 0.1) is 5.54 Å². The monoisotopic (exact) mass is 155 g/mol. The van der Waals surface area contributed by atoms with Crippen LogP contribution in [0.15, 0.2) is 12.7 Å². The van der Waals surface area contributed by atoms with E-state index in [1.54, 1.807) is 0 Å². The average molecular weight is 155 g/mol. The SMILES string of the molecule is C=CC(CC)(CC)NC(C)=O. The van der Waals surface area contributed by atoms with E-state index < -0.39 is 0 Å². The van der Waals surface area contributed by atoms with Crippen molar-refractivity contribution < 1.29 is 4.79 Å². The summed E-state index contributed by atoms with van der Waals surface area (Å²) in [6.07, 6.45) is 3.60. The van der Waals surface area contributed by atoms with Gasteiger partial charge in [0.25, 0.3) is 0 Å². The second-order valence-electron chi connectivity index (χ2n) is 2.75. The van der Waals surface area contributed by atoms with Gasteiger partial charge in [0.15, 0.2) is 0 Å². The first-order chi connectivity index (χ1) is 5.10. The minimum Gasteiger partial charge on any atom is -0.347 e. The molecular weight excluding hydrogens is 138 g/mol. The van der Waals surface area contributed by atoms with Gasteiger partial charge >= 0.3 is 0 Å². The van der Waals surface area contributed by atoms with Crippen LogP contribution in [-0.2, 0) is 4.79 Å². The molecule has 0 atom stereocenters. The fourth-order valence-electron chi connectivity index (χ4n) is 1.12. The van der Waals surface area contributed by atoms with E-state index in [4.69, 9.17) is 0 Å². The Morgan fingerprint density at radius 3 is 2.09 bits per heavy atom. The second-order valence-corrected chi connectivity index (χ2v) is 2.75. The number of hydrogen-bond donors (Lipinski definition) is 1. The van der Waals surface area contributed by atoms with Crippen LogP contribution >= 0.6 is 0 Å². The van der Waals surface area contributed by atoms with Crippen molar-refractivity contribution in [3.05, 3.63) is 12.7 Å². The molecule has 11 heavy (non-hydrogen) atoms. The summed E-state index contributed by atoms with van der Waals surface area (Å²) < 4.78 is 0. The maximum atomic E-state index is 10.8. The van der Waals surface area contributed by atoms with Gasteiger partial charge in [-0.3, -0.25) is 4.79 Å². The Bertz CT molecular complexity index is 148. The lowest BCUT2D eigenvalue weighted by atomic mass is 9.93. The highest BCUT2D eigenvalue weighted by Crippen LogP contribution is 2.15. The van der Waals surface area contributed by atoms with Crippen LogP contribution in [0.5, 0.6) is 0 Å². The second kappa shape index (κ2) is 4.16. The van der Waals surface area contributed by atoms with Gasteiger partial charge in [-0.25, -0.2) is 0 Å². The Labute approximate surface area is 68.7 Å². The summed E-state index contributed by atoms with van der Waals surface area (Å²) in [7, 11) is 0. The first-order valence-corrected chi connectivity index (χ1v) is 4.02. The Hall–Kier alpha value is -0.790. The number of carbonyl (C=O) groups is 1. The molecule has 1 N–H and O–H groups in total. The van der Waals surface area contributed by atoms with Crippen LogP contribution in [0, 0.1) is 0 Å². The molecule has 0 aliphatic rings. The predicted octanol–water partition coefficient (Wildman–Crippen LogP) is 1.87. The lowest BCUT2D eigenvalue weighted by Gasteiger charge is -2.28. The number of hydrogen-bond acceptors (Lipinski definition) is 1. The van der Waals surface area contributed by atoms with Crippen molar-refractivity contribution in [2.45, 2.75) is 39.2 Å². The molecule has 0 spiro atoms. The molecule has 0 saturated heterocycles. The van der Waals surface area contributed by atoms with Gasteiger partial charge in [-0.1, -0.05) is 19.9 Å². The van der Waals surface area contributed by atoms with Crippen LogP contribution in [0.3, 0.4) is 0 Å². The van der Waals surface area contributed by atoms with E-state index in [9.17, 15) is 4.79 Å². The zero-order chi connectivity index (χ0) is 8.91. The average Bonchev–Trinajstić information content (AvgIpc) is 2.00. The van der Waals surface area contributed by atoms with E-state index in [0.717, 1.165) is 12.8 Å². The Balaban J connectivity index is 4.28. The van der Waals surface area contributed by atoms with Crippen molar-refractivity contribution in [3.63, 3.8) is 0 Å². The molecule has 0 fully saturated rings. The van der Waals surface area contributed by atoms with Crippen molar-refractivity contribution in [2.75, 3.05) is 0 Å². The quantitative estimate of drug-likeness (QED) is 0.617. The maximum absolute atomic E-state index is 10.8. The third-order valence-corrected chi connectivity index (χ3v) is 2.08. The smallest absolute Gasteiger partial charge is 0.217 e. The van der Waals surface area contributed by atoms with Gasteiger partial charge in [0.2, 0.25) is 5.91 Å². The standard InChI is InChI=1S/C9H17NO/c1-5-9(6-2,7-3)10-8(4)11/h5H,1,6-7H2,2-4H3,(H,10,11). The van der Waals surface area contributed by atoms with Gasteiger partial charge in [-0.2, -0.15) is 0 Å². The Morgan fingerprint density at radius 1 is 1.55 bits per heavy atom. The van der Waals surface area contributed by atoms with Crippen molar-refractivity contribution in [2.24, 2.45) is 0 Å². The number of carbonyl (C=O) groups excluding carboxylic acids is 1. The van der Waals surface area contributed by atoms with Crippen LogP contribution < -0.4 is 5.32 Å². The van der Waals surface area contributed by atoms with Crippen LogP contribution in [0.4, 0.5) is 0 Å². The van der Waals surface area contributed by atoms with Crippen molar-refractivity contribution in [1.82, 2.24) is 5.32 Å². The highest BCUT2D eigenvalue weighted by molar-refractivity contribution is 5.74. The molecule has 2 heteroatoms. The minimum absolute atomic E-state index is 0.00796. The zero-order valence-electron chi connectivity index (χ0n) is 7.61. The van der Waals surface area contributed by atoms with E-state index in [2.05, 4.69) is 11.9 Å². The summed E-state index contributed by atoms with van der Waals surface area (Å²) in [5.74, 6) is 0.00796. The highest BCUT2D eigenvalue weighted by atomic mass is 16.1. The zero-order valence-corrected chi connectivity index (χ0v) is 7.61. The summed E-state index contributed by atoms with van der Waals surface area (Å²) in [4.78, 5) is 10.8. The normalized spacial score (nSPS) is 10.8. The summed E-state index contributed by atoms with van der Waals surface area (Å²) in [6, 6.07) is 0.